The van der Waals surface area contributed by atoms with Crippen molar-refractivity contribution in [3.05, 3.63) is 132 Å². The van der Waals surface area contributed by atoms with Gasteiger partial charge in [0.05, 0.1) is 6.54 Å². The van der Waals surface area contributed by atoms with E-state index >= 15 is 0 Å². The molecular weight excluding hydrogens is 489 g/mol. The minimum atomic E-state index is -0.343. The number of nitrogens with zero attached hydrogens (tertiary/aromatic N) is 1. The molecule has 0 bridgehead atoms. The van der Waals surface area contributed by atoms with Crippen molar-refractivity contribution in [1.29, 1.82) is 0 Å². The minimum absolute atomic E-state index is 0.0393. The van der Waals surface area contributed by atoms with Crippen molar-refractivity contribution in [2.24, 2.45) is 0 Å². The second-order valence-corrected chi connectivity index (χ2v) is 9.16. The van der Waals surface area contributed by atoms with E-state index in [1.807, 2.05) is 55.5 Å². The molecule has 5 rings (SSSR count). The Morgan fingerprint density at radius 3 is 2.26 bits per heavy atom. The largest absolute Gasteiger partial charge is 0.489 e. The second kappa shape index (κ2) is 16.7. The molecule has 0 saturated carbocycles. The Morgan fingerprint density at radius 1 is 0.897 bits per heavy atom. The number of anilines is 1. The highest BCUT2D eigenvalue weighted by Crippen LogP contribution is 2.23. The van der Waals surface area contributed by atoms with E-state index in [-0.39, 0.29) is 18.0 Å². The predicted molar refractivity (Wildman–Crippen MR) is 157 cm³/mol. The van der Waals surface area contributed by atoms with Crippen LogP contribution in [-0.4, -0.2) is 18.7 Å². The Hall–Kier alpha value is -4.12. The lowest BCUT2D eigenvalue weighted by atomic mass is 10.1. The monoisotopic (exact) mass is 527 g/mol. The van der Waals surface area contributed by atoms with Crippen LogP contribution in [0.25, 0.3) is 0 Å². The lowest BCUT2D eigenvalue weighted by molar-refractivity contribution is 0.136. The number of carbonyl (C=O) groups is 1. The molecular formula is C34H38FNO3. The Kier molecular flexibility index (Phi) is 12.6. The standard InChI is InChI=1S/C13H12O.C12H14FNO2.C9H12/c1-3-7-12(8-4-1)11-14-13-9-5-2-6-10-13;1-2-3-11-8-14(12(15)16-11)10-6-4-9(13)5-7-10;1-2-9-7-5-3-4-6-8-9/h1-10H,11H2;4-7,11H,2-3,8H2,1H3;3-7H,2,8H2,1H3. The summed E-state index contributed by atoms with van der Waals surface area (Å²) in [6.45, 7) is 5.43. The van der Waals surface area contributed by atoms with Crippen LogP contribution < -0.4 is 9.64 Å². The molecule has 2 aliphatic rings. The first-order chi connectivity index (χ1) is 19.1. The summed E-state index contributed by atoms with van der Waals surface area (Å²) < 4.78 is 23.5. The third-order valence-electron chi connectivity index (χ3n) is 6.14. The average molecular weight is 528 g/mol. The van der Waals surface area contributed by atoms with E-state index in [9.17, 15) is 9.18 Å². The summed E-state index contributed by atoms with van der Waals surface area (Å²) in [6.07, 6.45) is 14.4. The molecule has 1 saturated heterocycles. The zero-order chi connectivity index (χ0) is 27.7. The summed E-state index contributed by atoms with van der Waals surface area (Å²) in [5.74, 6) is 0.609. The van der Waals surface area contributed by atoms with Gasteiger partial charge in [0.2, 0.25) is 0 Å². The molecule has 1 amide bonds. The number of para-hydroxylation sites is 1. The molecule has 0 aromatic heterocycles. The maximum atomic E-state index is 12.7. The molecule has 1 aliphatic carbocycles. The lowest BCUT2D eigenvalue weighted by Gasteiger charge is -2.12. The average Bonchev–Trinajstić information content (AvgIpc) is 3.16. The normalized spacial score (nSPS) is 15.7. The number of amides is 1. The van der Waals surface area contributed by atoms with Crippen molar-refractivity contribution in [3.63, 3.8) is 0 Å². The molecule has 1 fully saturated rings. The highest BCUT2D eigenvalue weighted by molar-refractivity contribution is 5.89. The van der Waals surface area contributed by atoms with E-state index in [4.69, 9.17) is 9.47 Å². The molecule has 3 aromatic rings. The van der Waals surface area contributed by atoms with Gasteiger partial charge in [-0.25, -0.2) is 9.18 Å². The zero-order valence-corrected chi connectivity index (χ0v) is 22.8. The van der Waals surface area contributed by atoms with Gasteiger partial charge in [-0.1, -0.05) is 105 Å². The van der Waals surface area contributed by atoms with Crippen LogP contribution in [0.3, 0.4) is 0 Å². The Balaban J connectivity index is 0.000000168. The van der Waals surface area contributed by atoms with Crippen LogP contribution in [0.2, 0.25) is 0 Å². The van der Waals surface area contributed by atoms with Crippen molar-refractivity contribution >= 4 is 11.8 Å². The highest BCUT2D eigenvalue weighted by Gasteiger charge is 2.31. The Morgan fingerprint density at radius 2 is 1.59 bits per heavy atom. The number of hydrogen-bond acceptors (Lipinski definition) is 3. The van der Waals surface area contributed by atoms with Gasteiger partial charge in [-0.3, -0.25) is 4.90 Å². The molecule has 3 aromatic carbocycles. The molecule has 0 spiro atoms. The number of allylic oxidation sites excluding steroid dienone is 6. The molecule has 204 valence electrons. The van der Waals surface area contributed by atoms with Gasteiger partial charge < -0.3 is 9.47 Å². The van der Waals surface area contributed by atoms with E-state index in [1.165, 1.54) is 29.7 Å². The van der Waals surface area contributed by atoms with Gasteiger partial charge in [0.15, 0.2) is 0 Å². The molecule has 39 heavy (non-hydrogen) atoms. The fraction of sp³-hybridized carbons (Fsp3) is 0.265. The summed E-state index contributed by atoms with van der Waals surface area (Å²) in [6, 6.07) is 25.9. The zero-order valence-electron chi connectivity index (χ0n) is 22.8. The summed E-state index contributed by atoms with van der Waals surface area (Å²) in [5, 5.41) is 0. The van der Waals surface area contributed by atoms with Crippen LogP contribution in [0.15, 0.2) is 121 Å². The summed E-state index contributed by atoms with van der Waals surface area (Å²) >= 11 is 0. The summed E-state index contributed by atoms with van der Waals surface area (Å²) in [5.41, 5.74) is 3.39. The van der Waals surface area contributed by atoms with Crippen molar-refractivity contribution in [2.45, 2.75) is 52.2 Å². The fourth-order valence-electron chi connectivity index (χ4n) is 3.97. The van der Waals surface area contributed by atoms with Gasteiger partial charge >= 0.3 is 6.09 Å². The van der Waals surface area contributed by atoms with Crippen LogP contribution in [0, 0.1) is 5.82 Å². The smallest absolute Gasteiger partial charge is 0.414 e. The number of ether oxygens (including phenoxy) is 2. The molecule has 1 heterocycles. The summed E-state index contributed by atoms with van der Waals surface area (Å²) in [7, 11) is 0. The van der Waals surface area contributed by atoms with Crippen LogP contribution in [0.1, 0.15) is 45.1 Å². The third-order valence-corrected chi connectivity index (χ3v) is 6.14. The van der Waals surface area contributed by atoms with Crippen LogP contribution in [0.5, 0.6) is 5.75 Å². The second-order valence-electron chi connectivity index (χ2n) is 9.16. The minimum Gasteiger partial charge on any atom is -0.489 e. The molecule has 1 aliphatic heterocycles. The van der Waals surface area contributed by atoms with Gasteiger partial charge in [-0.15, -0.1) is 0 Å². The van der Waals surface area contributed by atoms with Gasteiger partial charge in [-0.05, 0) is 61.2 Å². The number of hydrogen-bond donors (Lipinski definition) is 0. The molecule has 5 heteroatoms. The quantitative estimate of drug-likeness (QED) is 0.308. The molecule has 0 radical (unpaired) electrons. The number of carbonyl (C=O) groups excluding carboxylic acids is 1. The molecule has 1 unspecified atom stereocenters. The fourth-order valence-corrected chi connectivity index (χ4v) is 3.97. The maximum Gasteiger partial charge on any atom is 0.414 e. The van der Waals surface area contributed by atoms with Gasteiger partial charge in [0.1, 0.15) is 24.3 Å². The number of halogens is 1. The third kappa shape index (κ3) is 10.6. The van der Waals surface area contributed by atoms with Crippen LogP contribution >= 0.6 is 0 Å². The van der Waals surface area contributed by atoms with E-state index in [1.54, 1.807) is 17.0 Å². The molecule has 1 atom stereocenters. The lowest BCUT2D eigenvalue weighted by Crippen LogP contribution is -2.24. The van der Waals surface area contributed by atoms with Gasteiger partial charge in [-0.2, -0.15) is 0 Å². The van der Waals surface area contributed by atoms with Crippen molar-refractivity contribution in [1.82, 2.24) is 0 Å². The molecule has 0 N–H and O–H groups in total. The first-order valence-corrected chi connectivity index (χ1v) is 13.6. The first kappa shape index (κ1) is 29.4. The van der Waals surface area contributed by atoms with E-state index in [2.05, 4.69) is 49.4 Å². The van der Waals surface area contributed by atoms with E-state index < -0.39 is 0 Å². The topological polar surface area (TPSA) is 38.8 Å². The number of benzene rings is 3. The maximum absolute atomic E-state index is 12.7. The first-order valence-electron chi connectivity index (χ1n) is 13.6. The summed E-state index contributed by atoms with van der Waals surface area (Å²) in [4.78, 5) is 13.1. The number of cyclic esters (lactones) is 1. The van der Waals surface area contributed by atoms with E-state index in [0.29, 0.717) is 18.8 Å². The Labute approximate surface area is 232 Å². The predicted octanol–water partition coefficient (Wildman–Crippen LogP) is 9.06. The van der Waals surface area contributed by atoms with Crippen LogP contribution in [0.4, 0.5) is 14.9 Å². The van der Waals surface area contributed by atoms with Gasteiger partial charge in [0, 0.05) is 5.69 Å². The van der Waals surface area contributed by atoms with E-state index in [0.717, 1.165) is 25.0 Å². The SMILES string of the molecule is CCC1=CC=CC=CC1.CCCC1CN(c2ccc(F)cc2)C(=O)O1.c1ccc(COc2ccccc2)cc1. The van der Waals surface area contributed by atoms with Gasteiger partial charge in [0.25, 0.3) is 0 Å². The van der Waals surface area contributed by atoms with Crippen molar-refractivity contribution < 1.29 is 18.7 Å². The van der Waals surface area contributed by atoms with Crippen molar-refractivity contribution in [2.75, 3.05) is 11.4 Å². The van der Waals surface area contributed by atoms with Crippen LogP contribution in [-0.2, 0) is 11.3 Å². The number of rotatable bonds is 7. The molecule has 4 nitrogen and oxygen atoms in total. The Bertz CT molecular complexity index is 1160. The highest BCUT2D eigenvalue weighted by atomic mass is 19.1. The van der Waals surface area contributed by atoms with Crippen molar-refractivity contribution in [3.8, 4) is 5.75 Å².